The number of benzene rings is 2. The van der Waals surface area contributed by atoms with E-state index in [0.717, 1.165) is 33.1 Å². The molecule has 5 N–H and O–H groups in total. The van der Waals surface area contributed by atoms with E-state index in [4.69, 9.17) is 10.8 Å². The van der Waals surface area contributed by atoms with Crippen LogP contribution in [0.1, 0.15) is 16.7 Å². The zero-order valence-electron chi connectivity index (χ0n) is 16.4. The van der Waals surface area contributed by atoms with Crippen molar-refractivity contribution >= 4 is 23.0 Å². The Hall–Kier alpha value is -3.53. The van der Waals surface area contributed by atoms with Crippen molar-refractivity contribution in [1.82, 2.24) is 15.0 Å². The maximum absolute atomic E-state index is 10.9. The molecule has 0 aliphatic heterocycles. The van der Waals surface area contributed by atoms with E-state index in [1.807, 2.05) is 66.0 Å². The van der Waals surface area contributed by atoms with Crippen molar-refractivity contribution in [1.29, 1.82) is 0 Å². The van der Waals surface area contributed by atoms with Crippen molar-refractivity contribution in [3.05, 3.63) is 82.7 Å². The quantitative estimate of drug-likeness (QED) is 0.313. The van der Waals surface area contributed by atoms with E-state index in [1.54, 1.807) is 10.9 Å². The van der Waals surface area contributed by atoms with Gasteiger partial charge in [-0.05, 0) is 47.7 Å². The highest BCUT2D eigenvalue weighted by Crippen LogP contribution is 2.26. The lowest BCUT2D eigenvalue weighted by Crippen LogP contribution is -2.32. The third-order valence-electron chi connectivity index (χ3n) is 4.80. The van der Waals surface area contributed by atoms with Gasteiger partial charge in [0.15, 0.2) is 6.23 Å². The summed E-state index contributed by atoms with van der Waals surface area (Å²) < 4.78 is 1.71. The summed E-state index contributed by atoms with van der Waals surface area (Å²) in [5, 5.41) is 32.4. The summed E-state index contributed by atoms with van der Waals surface area (Å²) >= 11 is 1.49. The number of hydrogen-bond acceptors (Lipinski definition) is 7. The minimum absolute atomic E-state index is 0.256. The van der Waals surface area contributed by atoms with Crippen LogP contribution in [0, 0.1) is 0 Å². The highest BCUT2D eigenvalue weighted by atomic mass is 32.1. The van der Waals surface area contributed by atoms with Crippen molar-refractivity contribution in [2.24, 2.45) is 5.73 Å². The lowest BCUT2D eigenvalue weighted by atomic mass is 10.1. The monoisotopic (exact) mass is 435 g/mol. The van der Waals surface area contributed by atoms with E-state index in [0.29, 0.717) is 0 Å². The molecule has 2 heterocycles. The van der Waals surface area contributed by atoms with Gasteiger partial charge in [0.1, 0.15) is 6.04 Å². The summed E-state index contributed by atoms with van der Waals surface area (Å²) in [6.07, 6.45) is 1.17. The summed E-state index contributed by atoms with van der Waals surface area (Å²) in [5.74, 6) is -1.02. The van der Waals surface area contributed by atoms with Gasteiger partial charge in [-0.15, -0.1) is 16.4 Å². The van der Waals surface area contributed by atoms with Crippen LogP contribution in [0.25, 0.3) is 16.9 Å². The standard InChI is InChI=1S/C22H21N5O3S/c23-18(22(29)30)12-14-3-9-17(10-4-14)27-19(13-24-26-27)15-5-7-16(8-6-15)25-21(28)20-2-1-11-31-20/h1-11,13,18,21,25,28H,12,23H2,(H,29,30). The largest absolute Gasteiger partial charge is 0.480 e. The molecule has 0 bridgehead atoms. The minimum Gasteiger partial charge on any atom is -0.480 e. The Morgan fingerprint density at radius 2 is 1.87 bits per heavy atom. The molecule has 0 saturated carbocycles. The number of carboxylic acids is 1. The molecular formula is C22H21N5O3S. The molecule has 8 nitrogen and oxygen atoms in total. The first kappa shape index (κ1) is 20.7. The maximum atomic E-state index is 10.9. The number of aliphatic carboxylic acids is 1. The first-order valence-corrected chi connectivity index (χ1v) is 10.5. The number of carbonyl (C=O) groups is 1. The molecule has 9 heteroatoms. The van der Waals surface area contributed by atoms with Crippen LogP contribution in [-0.2, 0) is 11.2 Å². The predicted octanol–water partition coefficient (Wildman–Crippen LogP) is 3.05. The predicted molar refractivity (Wildman–Crippen MR) is 119 cm³/mol. The van der Waals surface area contributed by atoms with E-state index >= 15 is 0 Å². The Morgan fingerprint density at radius 3 is 2.52 bits per heavy atom. The Kier molecular flexibility index (Phi) is 6.08. The van der Waals surface area contributed by atoms with Gasteiger partial charge in [0.2, 0.25) is 0 Å². The highest BCUT2D eigenvalue weighted by molar-refractivity contribution is 7.10. The van der Waals surface area contributed by atoms with Gasteiger partial charge < -0.3 is 21.3 Å². The molecule has 0 aliphatic carbocycles. The second kappa shape index (κ2) is 9.09. The van der Waals surface area contributed by atoms with E-state index in [-0.39, 0.29) is 6.42 Å². The number of carboxylic acid groups (broad SMARTS) is 1. The number of rotatable bonds is 8. The van der Waals surface area contributed by atoms with Crippen molar-refractivity contribution in [3.63, 3.8) is 0 Å². The Bertz CT molecular complexity index is 1140. The summed E-state index contributed by atoms with van der Waals surface area (Å²) in [4.78, 5) is 11.8. The van der Waals surface area contributed by atoms with Gasteiger partial charge in [0.25, 0.3) is 0 Å². The number of thiophene rings is 1. The summed E-state index contributed by atoms with van der Waals surface area (Å²) in [7, 11) is 0. The number of aromatic nitrogens is 3. The van der Waals surface area contributed by atoms with Gasteiger partial charge in [-0.3, -0.25) is 4.79 Å². The van der Waals surface area contributed by atoms with Gasteiger partial charge >= 0.3 is 5.97 Å². The fourth-order valence-electron chi connectivity index (χ4n) is 3.15. The van der Waals surface area contributed by atoms with Crippen molar-refractivity contribution in [2.75, 3.05) is 5.32 Å². The number of anilines is 1. The second-order valence-corrected chi connectivity index (χ2v) is 7.97. The van der Waals surface area contributed by atoms with Crippen LogP contribution in [0.4, 0.5) is 5.69 Å². The Labute approximate surface area is 182 Å². The Balaban J connectivity index is 1.49. The molecule has 2 atom stereocenters. The topological polar surface area (TPSA) is 126 Å². The number of nitrogens with zero attached hydrogens (tertiary/aromatic N) is 3. The molecule has 4 rings (SSSR count). The zero-order chi connectivity index (χ0) is 21.8. The lowest BCUT2D eigenvalue weighted by molar-refractivity contribution is -0.138. The van der Waals surface area contributed by atoms with Gasteiger partial charge in [0.05, 0.1) is 22.5 Å². The summed E-state index contributed by atoms with van der Waals surface area (Å²) in [5.41, 5.74) is 9.75. The minimum atomic E-state index is -1.02. The summed E-state index contributed by atoms with van der Waals surface area (Å²) in [6, 6.07) is 17.9. The van der Waals surface area contributed by atoms with Crippen LogP contribution in [0.3, 0.4) is 0 Å². The van der Waals surface area contributed by atoms with Gasteiger partial charge in [0, 0.05) is 11.3 Å². The van der Waals surface area contributed by atoms with E-state index in [1.165, 1.54) is 11.3 Å². The smallest absolute Gasteiger partial charge is 0.320 e. The molecule has 31 heavy (non-hydrogen) atoms. The van der Waals surface area contributed by atoms with Crippen LogP contribution in [0.5, 0.6) is 0 Å². The molecule has 4 aromatic rings. The molecule has 2 aromatic heterocycles. The van der Waals surface area contributed by atoms with E-state index < -0.39 is 18.2 Å². The summed E-state index contributed by atoms with van der Waals surface area (Å²) in [6.45, 7) is 0. The normalized spacial score (nSPS) is 13.0. The number of aliphatic hydroxyl groups excluding tert-OH is 1. The van der Waals surface area contributed by atoms with E-state index in [2.05, 4.69) is 15.6 Å². The van der Waals surface area contributed by atoms with E-state index in [9.17, 15) is 9.90 Å². The number of nitrogens with two attached hydrogens (primary N) is 1. The number of nitrogens with one attached hydrogen (secondary N) is 1. The molecular weight excluding hydrogens is 414 g/mol. The first-order chi connectivity index (χ1) is 15.0. The molecule has 0 aliphatic rings. The maximum Gasteiger partial charge on any atom is 0.320 e. The van der Waals surface area contributed by atoms with Crippen molar-refractivity contribution in [2.45, 2.75) is 18.7 Å². The SMILES string of the molecule is NC(Cc1ccc(-n2nncc2-c2ccc(NC(O)c3cccs3)cc2)cc1)C(=O)O. The Morgan fingerprint density at radius 1 is 1.13 bits per heavy atom. The molecule has 0 fully saturated rings. The number of hydrogen-bond donors (Lipinski definition) is 4. The number of aliphatic hydroxyl groups is 1. The third kappa shape index (κ3) is 4.80. The van der Waals surface area contributed by atoms with Crippen LogP contribution in [-0.4, -0.2) is 37.2 Å². The first-order valence-electron chi connectivity index (χ1n) is 9.58. The molecule has 0 saturated heterocycles. The van der Waals surface area contributed by atoms with Crippen molar-refractivity contribution < 1.29 is 15.0 Å². The molecule has 2 unspecified atom stereocenters. The van der Waals surface area contributed by atoms with Crippen molar-refractivity contribution in [3.8, 4) is 16.9 Å². The van der Waals surface area contributed by atoms with Crippen LogP contribution < -0.4 is 11.1 Å². The van der Waals surface area contributed by atoms with Gasteiger partial charge in [-0.25, -0.2) is 4.68 Å². The average molecular weight is 436 g/mol. The molecule has 2 aromatic carbocycles. The fourth-order valence-corrected chi connectivity index (χ4v) is 3.81. The lowest BCUT2D eigenvalue weighted by Gasteiger charge is -2.13. The molecule has 0 spiro atoms. The zero-order valence-corrected chi connectivity index (χ0v) is 17.2. The third-order valence-corrected chi connectivity index (χ3v) is 5.72. The van der Waals surface area contributed by atoms with Crippen LogP contribution in [0.2, 0.25) is 0 Å². The van der Waals surface area contributed by atoms with Crippen LogP contribution in [0.15, 0.2) is 72.2 Å². The highest BCUT2D eigenvalue weighted by Gasteiger charge is 2.14. The van der Waals surface area contributed by atoms with Crippen LogP contribution >= 0.6 is 11.3 Å². The fraction of sp³-hybridized carbons (Fsp3) is 0.136. The van der Waals surface area contributed by atoms with Gasteiger partial charge in [-0.1, -0.05) is 35.5 Å². The van der Waals surface area contributed by atoms with Gasteiger partial charge in [-0.2, -0.15) is 0 Å². The molecule has 158 valence electrons. The molecule has 0 radical (unpaired) electrons. The second-order valence-electron chi connectivity index (χ2n) is 6.99. The molecule has 0 amide bonds. The average Bonchev–Trinajstić information content (AvgIpc) is 3.47.